The van der Waals surface area contributed by atoms with Gasteiger partial charge in [0.1, 0.15) is 11.6 Å². The summed E-state index contributed by atoms with van der Waals surface area (Å²) < 4.78 is 13.8. The van der Waals surface area contributed by atoms with E-state index in [0.717, 1.165) is 41.8 Å². The largest absolute Gasteiger partial charge is 0.492 e. The number of aromatic nitrogens is 1. The number of carbonyl (C=O) groups is 1. The molecule has 7 nitrogen and oxygen atoms in total. The zero-order chi connectivity index (χ0) is 23.5. The number of hydrogen-bond acceptors (Lipinski definition) is 6. The molecule has 2 atom stereocenters. The molecule has 0 spiro atoms. The first-order valence-corrected chi connectivity index (χ1v) is 12.6. The first-order valence-electron chi connectivity index (χ1n) is 11.3. The van der Waals surface area contributed by atoms with Gasteiger partial charge >= 0.3 is 0 Å². The van der Waals surface area contributed by atoms with E-state index in [1.807, 2.05) is 59.5 Å². The summed E-state index contributed by atoms with van der Waals surface area (Å²) in [6.07, 6.45) is 5.48. The van der Waals surface area contributed by atoms with Crippen LogP contribution in [0.2, 0.25) is 0 Å². The molecule has 1 aromatic heterocycles. The molecule has 3 aromatic rings. The van der Waals surface area contributed by atoms with Crippen molar-refractivity contribution < 1.29 is 9.53 Å². The molecule has 0 saturated carbocycles. The van der Waals surface area contributed by atoms with Crippen LogP contribution in [0.5, 0.6) is 5.75 Å². The van der Waals surface area contributed by atoms with Crippen LogP contribution in [0.15, 0.2) is 71.4 Å². The summed E-state index contributed by atoms with van der Waals surface area (Å²) in [5, 5.41) is 0. The first kappa shape index (κ1) is 22.2. The molecule has 174 valence electrons. The van der Waals surface area contributed by atoms with Crippen LogP contribution in [0, 0.1) is 5.92 Å². The molecule has 8 heteroatoms. The highest BCUT2D eigenvalue weighted by molar-refractivity contribution is 8.14. The standard InChI is InChI=1S/C26H27N5O2S/c1-34-29-22-8-3-9-23(24(22)25(27)30-34)33-17-18-5-4-14-31(16-18)26(32)21-7-2-6-20(15-21)19-10-12-28-13-11-19/h2-3,6-13,15,18,29H,1,4-5,14,16-17H2,(H2,27,30). The molecule has 5 rings (SSSR count). The third-order valence-corrected chi connectivity index (χ3v) is 7.00. The van der Waals surface area contributed by atoms with Crippen molar-refractivity contribution >= 4 is 34.2 Å². The van der Waals surface area contributed by atoms with Crippen molar-refractivity contribution in [1.82, 2.24) is 9.88 Å². The molecule has 3 N–H and O–H groups in total. The third-order valence-electron chi connectivity index (χ3n) is 6.12. The molecule has 1 fully saturated rings. The Morgan fingerprint density at radius 1 is 1.18 bits per heavy atom. The van der Waals surface area contributed by atoms with Gasteiger partial charge in [0.2, 0.25) is 0 Å². The average molecular weight is 474 g/mol. The minimum Gasteiger partial charge on any atom is -0.492 e. The molecule has 0 aliphatic carbocycles. The van der Waals surface area contributed by atoms with E-state index >= 15 is 0 Å². The van der Waals surface area contributed by atoms with Gasteiger partial charge < -0.3 is 20.1 Å². The number of nitrogens with zero attached hydrogens (tertiary/aromatic N) is 3. The molecule has 34 heavy (non-hydrogen) atoms. The number of amidine groups is 1. The summed E-state index contributed by atoms with van der Waals surface area (Å²) in [6.45, 7) is 1.93. The van der Waals surface area contributed by atoms with E-state index in [9.17, 15) is 4.79 Å². The van der Waals surface area contributed by atoms with E-state index in [1.54, 1.807) is 12.4 Å². The Bertz CT molecular complexity index is 1260. The maximum Gasteiger partial charge on any atom is 0.253 e. The number of nitrogens with two attached hydrogens (primary N) is 1. The number of nitrogens with one attached hydrogen (secondary N) is 1. The van der Waals surface area contributed by atoms with Crippen molar-refractivity contribution in [3.05, 3.63) is 78.1 Å². The third kappa shape index (κ3) is 4.68. The number of hydrogen-bond donors (Lipinski definition) is 2. The van der Waals surface area contributed by atoms with Crippen molar-refractivity contribution in [1.29, 1.82) is 0 Å². The summed E-state index contributed by atoms with van der Waals surface area (Å²) in [5.41, 5.74) is 10.6. The second-order valence-electron chi connectivity index (χ2n) is 8.51. The Morgan fingerprint density at radius 2 is 2.00 bits per heavy atom. The zero-order valence-corrected chi connectivity index (χ0v) is 19.6. The molecule has 3 heterocycles. The van der Waals surface area contributed by atoms with E-state index in [2.05, 4.69) is 20.0 Å². The number of ether oxygens (including phenoxy) is 1. The van der Waals surface area contributed by atoms with Crippen LogP contribution >= 0.6 is 10.9 Å². The zero-order valence-electron chi connectivity index (χ0n) is 18.8. The number of piperidine rings is 1. The van der Waals surface area contributed by atoms with Crippen LogP contribution in [-0.2, 0) is 0 Å². The van der Waals surface area contributed by atoms with Crippen LogP contribution in [-0.4, -0.2) is 47.2 Å². The summed E-state index contributed by atoms with van der Waals surface area (Å²) in [5.74, 6) is 5.38. The number of amides is 1. The molecule has 2 aliphatic rings. The minimum atomic E-state index is -0.580. The molecular weight excluding hydrogens is 446 g/mol. The van der Waals surface area contributed by atoms with Crippen molar-refractivity contribution in [2.45, 2.75) is 12.8 Å². The van der Waals surface area contributed by atoms with Crippen LogP contribution in [0.4, 0.5) is 5.69 Å². The van der Waals surface area contributed by atoms with Gasteiger partial charge in [-0.15, -0.1) is 0 Å². The van der Waals surface area contributed by atoms with E-state index in [1.165, 1.54) is 0 Å². The molecule has 1 amide bonds. The molecule has 1 saturated heterocycles. The fourth-order valence-corrected chi connectivity index (χ4v) is 5.27. The maximum atomic E-state index is 13.3. The van der Waals surface area contributed by atoms with E-state index < -0.39 is 10.9 Å². The maximum absolute atomic E-state index is 13.3. The Morgan fingerprint density at radius 3 is 2.85 bits per heavy atom. The molecule has 0 bridgehead atoms. The Kier molecular flexibility index (Phi) is 6.31. The number of pyridine rings is 1. The molecule has 2 unspecified atom stereocenters. The fraction of sp³-hybridized carbons (Fsp3) is 0.231. The Labute approximate surface area is 201 Å². The predicted molar refractivity (Wildman–Crippen MR) is 139 cm³/mol. The van der Waals surface area contributed by atoms with Gasteiger partial charge in [0, 0.05) is 47.8 Å². The lowest BCUT2D eigenvalue weighted by atomic mass is 9.97. The van der Waals surface area contributed by atoms with Gasteiger partial charge in [-0.2, -0.15) is 4.40 Å². The molecular formula is C26H27N5O2S. The van der Waals surface area contributed by atoms with Crippen LogP contribution in [0.1, 0.15) is 28.8 Å². The van der Waals surface area contributed by atoms with Gasteiger partial charge in [-0.05, 0) is 66.2 Å². The van der Waals surface area contributed by atoms with Crippen molar-refractivity contribution in [2.75, 3.05) is 24.4 Å². The van der Waals surface area contributed by atoms with Gasteiger partial charge in [-0.3, -0.25) is 9.78 Å². The van der Waals surface area contributed by atoms with Gasteiger partial charge in [0.05, 0.1) is 17.9 Å². The van der Waals surface area contributed by atoms with Crippen molar-refractivity contribution in [3.63, 3.8) is 0 Å². The molecule has 2 aliphatic heterocycles. The summed E-state index contributed by atoms with van der Waals surface area (Å²) in [6, 6.07) is 17.5. The molecule has 0 radical (unpaired) electrons. The highest BCUT2D eigenvalue weighted by Gasteiger charge is 2.26. The highest BCUT2D eigenvalue weighted by atomic mass is 32.2. The summed E-state index contributed by atoms with van der Waals surface area (Å²) in [4.78, 5) is 19.3. The number of carbonyl (C=O) groups excluding carboxylic acids is 1. The molecule has 2 aromatic carbocycles. The topological polar surface area (TPSA) is 92.8 Å². The summed E-state index contributed by atoms with van der Waals surface area (Å²) >= 11 is 0. The van der Waals surface area contributed by atoms with Gasteiger partial charge in [0.15, 0.2) is 0 Å². The number of benzene rings is 2. The monoisotopic (exact) mass is 473 g/mol. The number of anilines is 1. The van der Waals surface area contributed by atoms with E-state index in [-0.39, 0.29) is 11.8 Å². The number of likely N-dealkylation sites (tertiary alicyclic amines) is 1. The predicted octanol–water partition coefficient (Wildman–Crippen LogP) is 4.34. The lowest BCUT2D eigenvalue weighted by Crippen LogP contribution is -2.41. The van der Waals surface area contributed by atoms with Gasteiger partial charge in [-0.1, -0.05) is 18.2 Å². The van der Waals surface area contributed by atoms with Crippen molar-refractivity contribution in [3.8, 4) is 16.9 Å². The van der Waals surface area contributed by atoms with Crippen molar-refractivity contribution in [2.24, 2.45) is 16.0 Å². The second-order valence-corrected chi connectivity index (χ2v) is 9.63. The first-order chi connectivity index (χ1) is 16.6. The van der Waals surface area contributed by atoms with E-state index in [4.69, 9.17) is 10.5 Å². The lowest BCUT2D eigenvalue weighted by Gasteiger charge is -2.33. The minimum absolute atomic E-state index is 0.0563. The van der Waals surface area contributed by atoms with Crippen LogP contribution in [0.3, 0.4) is 0 Å². The number of fused-ring (bicyclic) bond motifs is 1. The average Bonchev–Trinajstić information content (AvgIpc) is 2.87. The smallest absolute Gasteiger partial charge is 0.253 e. The second kappa shape index (κ2) is 9.69. The normalized spacial score (nSPS) is 19.5. The Balaban J connectivity index is 1.26. The lowest BCUT2D eigenvalue weighted by molar-refractivity contribution is 0.0633. The summed E-state index contributed by atoms with van der Waals surface area (Å²) in [7, 11) is -0.580. The SMILES string of the molecule is C=S1N=C(N)c2c(cccc2OCC2CCCN(C(=O)c3cccc(-c4ccncc4)c3)C2)N1. The highest BCUT2D eigenvalue weighted by Crippen LogP contribution is 2.34. The fourth-order valence-electron chi connectivity index (χ4n) is 4.47. The van der Waals surface area contributed by atoms with Crippen LogP contribution < -0.4 is 15.2 Å². The number of rotatable bonds is 5. The quantitative estimate of drug-likeness (QED) is 0.538. The van der Waals surface area contributed by atoms with E-state index in [0.29, 0.717) is 30.3 Å². The van der Waals surface area contributed by atoms with Gasteiger partial charge in [0.25, 0.3) is 5.91 Å². The van der Waals surface area contributed by atoms with Crippen LogP contribution in [0.25, 0.3) is 11.1 Å². The van der Waals surface area contributed by atoms with Gasteiger partial charge in [-0.25, -0.2) is 0 Å². The Hall–Kier alpha value is -3.65.